The van der Waals surface area contributed by atoms with Gasteiger partial charge >= 0.3 is 0 Å². The zero-order valence-corrected chi connectivity index (χ0v) is 16.3. The van der Waals surface area contributed by atoms with E-state index in [1.54, 1.807) is 47.6 Å². The van der Waals surface area contributed by atoms with E-state index in [9.17, 15) is 9.59 Å². The van der Waals surface area contributed by atoms with E-state index in [2.05, 4.69) is 26.0 Å². The van der Waals surface area contributed by atoms with Crippen molar-refractivity contribution in [2.75, 3.05) is 31.4 Å². The molecule has 0 radical (unpaired) electrons. The Kier molecular flexibility index (Phi) is 5.17. The van der Waals surface area contributed by atoms with Crippen LogP contribution in [0.4, 0.5) is 17.3 Å². The predicted octanol–water partition coefficient (Wildman–Crippen LogP) is 1.21. The Labute approximate surface area is 166 Å². The van der Waals surface area contributed by atoms with E-state index >= 15 is 0 Å². The van der Waals surface area contributed by atoms with Crippen LogP contribution in [0.1, 0.15) is 23.2 Å². The highest BCUT2D eigenvalue weighted by molar-refractivity contribution is 6.00. The molecular formula is C19H23N7O3. The van der Waals surface area contributed by atoms with Gasteiger partial charge in [0.05, 0.1) is 12.8 Å². The number of pyridine rings is 1. The molecule has 0 bridgehead atoms. The van der Waals surface area contributed by atoms with E-state index in [-0.39, 0.29) is 17.5 Å². The monoisotopic (exact) mass is 397 g/mol. The van der Waals surface area contributed by atoms with Crippen LogP contribution in [0.15, 0.2) is 35.4 Å². The van der Waals surface area contributed by atoms with E-state index in [0.717, 1.165) is 12.8 Å². The normalized spacial score (nSPS) is 13.4. The Morgan fingerprint density at radius 2 is 2.21 bits per heavy atom. The number of ether oxygens (including phenoxy) is 1. The minimum Gasteiger partial charge on any atom is -0.383 e. The Morgan fingerprint density at radius 3 is 2.93 bits per heavy atom. The van der Waals surface area contributed by atoms with Crippen molar-refractivity contribution >= 4 is 28.9 Å². The summed E-state index contributed by atoms with van der Waals surface area (Å²) in [6, 6.07) is 5.43. The van der Waals surface area contributed by atoms with Crippen LogP contribution in [0.5, 0.6) is 0 Å². The Bertz CT molecular complexity index is 1100. The molecule has 29 heavy (non-hydrogen) atoms. The van der Waals surface area contributed by atoms with Gasteiger partial charge in [0.2, 0.25) is 0 Å². The number of hydrogen-bond acceptors (Lipinski definition) is 7. The van der Waals surface area contributed by atoms with Gasteiger partial charge in [-0.25, -0.2) is 4.98 Å². The second kappa shape index (κ2) is 7.92. The van der Waals surface area contributed by atoms with Crippen LogP contribution in [0.2, 0.25) is 0 Å². The van der Waals surface area contributed by atoms with E-state index in [4.69, 9.17) is 4.74 Å². The molecule has 10 nitrogen and oxygen atoms in total. The van der Waals surface area contributed by atoms with E-state index in [0.29, 0.717) is 41.7 Å². The number of nitrogens with one attached hydrogen (secondary N) is 3. The van der Waals surface area contributed by atoms with Crippen molar-refractivity contribution in [1.29, 1.82) is 0 Å². The maximum Gasteiger partial charge on any atom is 0.274 e. The van der Waals surface area contributed by atoms with Crippen LogP contribution in [0.3, 0.4) is 0 Å². The molecule has 10 heteroatoms. The Morgan fingerprint density at radius 1 is 1.38 bits per heavy atom. The maximum atomic E-state index is 12.7. The molecule has 1 aliphatic carbocycles. The third-order valence-electron chi connectivity index (χ3n) is 4.70. The topological polar surface area (TPSA) is 115 Å². The van der Waals surface area contributed by atoms with Crippen molar-refractivity contribution in [2.45, 2.75) is 25.4 Å². The Hall–Kier alpha value is -3.40. The lowest BCUT2D eigenvalue weighted by Crippen LogP contribution is -2.25. The summed E-state index contributed by atoms with van der Waals surface area (Å²) >= 11 is 0. The van der Waals surface area contributed by atoms with Gasteiger partial charge in [-0.2, -0.15) is 9.61 Å². The Balaban J connectivity index is 1.69. The lowest BCUT2D eigenvalue weighted by molar-refractivity contribution is 0.0952. The molecule has 0 unspecified atom stereocenters. The number of carbonyl (C=O) groups is 1. The number of methoxy groups -OCH3 is 1. The van der Waals surface area contributed by atoms with E-state index in [1.807, 2.05) is 0 Å². The second-order valence-electron chi connectivity index (χ2n) is 6.86. The highest BCUT2D eigenvalue weighted by atomic mass is 16.5. The number of amides is 1. The highest BCUT2D eigenvalue weighted by Crippen LogP contribution is 2.23. The number of carbonyl (C=O) groups excluding carboxylic acids is 1. The first-order valence-corrected chi connectivity index (χ1v) is 9.43. The summed E-state index contributed by atoms with van der Waals surface area (Å²) in [7, 11) is 3.35. The average molecular weight is 397 g/mol. The molecule has 0 aliphatic heterocycles. The number of aromatic nitrogens is 4. The first-order valence-electron chi connectivity index (χ1n) is 9.43. The predicted molar refractivity (Wildman–Crippen MR) is 109 cm³/mol. The standard InChI is InChI=1S/C19H23N7O3/c1-20-16-10-15(23-14-4-3-7-25(19(14)28)8-9-29-2)24-17-13(11-21-26(16)17)18(27)22-12-5-6-12/h3-4,7,10-12,20H,5-6,8-9H2,1-2H3,(H,22,27)(H,23,24). The molecule has 1 amide bonds. The van der Waals surface area contributed by atoms with Gasteiger partial charge in [0.15, 0.2) is 5.65 Å². The molecule has 1 aliphatic rings. The van der Waals surface area contributed by atoms with E-state index in [1.165, 1.54) is 6.20 Å². The molecule has 3 aromatic rings. The first kappa shape index (κ1) is 18.9. The van der Waals surface area contributed by atoms with Gasteiger partial charge in [0.25, 0.3) is 11.5 Å². The number of rotatable bonds is 8. The van der Waals surface area contributed by atoms with Gasteiger partial charge in [-0.3, -0.25) is 9.59 Å². The smallest absolute Gasteiger partial charge is 0.274 e. The molecule has 1 saturated carbocycles. The van der Waals surface area contributed by atoms with Crippen LogP contribution in [0, 0.1) is 0 Å². The molecule has 3 heterocycles. The van der Waals surface area contributed by atoms with Crippen molar-refractivity contribution in [3.05, 3.63) is 46.5 Å². The molecule has 0 aromatic carbocycles. The van der Waals surface area contributed by atoms with Crippen molar-refractivity contribution in [1.82, 2.24) is 24.5 Å². The van der Waals surface area contributed by atoms with Gasteiger partial charge in [-0.1, -0.05) is 0 Å². The van der Waals surface area contributed by atoms with Gasteiger partial charge in [-0.15, -0.1) is 0 Å². The fourth-order valence-electron chi connectivity index (χ4n) is 2.99. The number of anilines is 3. The highest BCUT2D eigenvalue weighted by Gasteiger charge is 2.26. The number of nitrogens with zero attached hydrogens (tertiary/aromatic N) is 4. The van der Waals surface area contributed by atoms with Crippen LogP contribution in [-0.4, -0.2) is 51.9 Å². The van der Waals surface area contributed by atoms with Crippen molar-refractivity contribution < 1.29 is 9.53 Å². The summed E-state index contributed by atoms with van der Waals surface area (Å²) in [4.78, 5) is 29.7. The third kappa shape index (κ3) is 3.92. The minimum absolute atomic E-state index is 0.183. The fraction of sp³-hybridized carbons (Fsp3) is 0.368. The molecule has 3 N–H and O–H groups in total. The molecule has 0 atom stereocenters. The zero-order chi connectivity index (χ0) is 20.4. The van der Waals surface area contributed by atoms with Crippen molar-refractivity contribution in [3.8, 4) is 0 Å². The SMILES string of the molecule is CNc1cc(Nc2cccn(CCOC)c2=O)nc2c(C(=O)NC3CC3)cnn12. The van der Waals surface area contributed by atoms with Crippen LogP contribution in [0.25, 0.3) is 5.65 Å². The first-order chi connectivity index (χ1) is 14.1. The van der Waals surface area contributed by atoms with Gasteiger partial charge in [-0.05, 0) is 25.0 Å². The summed E-state index contributed by atoms with van der Waals surface area (Å²) in [5.74, 6) is 0.874. The third-order valence-corrected chi connectivity index (χ3v) is 4.70. The van der Waals surface area contributed by atoms with E-state index < -0.39 is 0 Å². The van der Waals surface area contributed by atoms with Crippen LogP contribution < -0.4 is 21.5 Å². The molecular weight excluding hydrogens is 374 g/mol. The molecule has 4 rings (SSSR count). The van der Waals surface area contributed by atoms with Gasteiger partial charge in [0.1, 0.15) is 22.9 Å². The summed E-state index contributed by atoms with van der Waals surface area (Å²) in [5, 5.41) is 13.3. The summed E-state index contributed by atoms with van der Waals surface area (Å²) < 4.78 is 8.18. The average Bonchev–Trinajstić information content (AvgIpc) is 3.43. The summed E-state index contributed by atoms with van der Waals surface area (Å²) in [5.41, 5.74) is 0.999. The van der Waals surface area contributed by atoms with Gasteiger partial charge < -0.3 is 25.3 Å². The second-order valence-corrected chi connectivity index (χ2v) is 6.86. The van der Waals surface area contributed by atoms with Crippen molar-refractivity contribution in [2.24, 2.45) is 0 Å². The maximum absolute atomic E-state index is 12.7. The largest absolute Gasteiger partial charge is 0.383 e. The molecule has 0 spiro atoms. The lowest BCUT2D eigenvalue weighted by Gasteiger charge is -2.11. The molecule has 152 valence electrons. The molecule has 3 aromatic heterocycles. The summed E-state index contributed by atoms with van der Waals surface area (Å²) in [6.07, 6.45) is 5.21. The van der Waals surface area contributed by atoms with Crippen LogP contribution >= 0.6 is 0 Å². The minimum atomic E-state index is -0.198. The number of fused-ring (bicyclic) bond motifs is 1. The summed E-state index contributed by atoms with van der Waals surface area (Å²) in [6.45, 7) is 0.889. The zero-order valence-electron chi connectivity index (χ0n) is 16.3. The quantitative estimate of drug-likeness (QED) is 0.523. The molecule has 0 saturated heterocycles. The lowest BCUT2D eigenvalue weighted by atomic mass is 10.3. The fourth-order valence-corrected chi connectivity index (χ4v) is 2.99. The van der Waals surface area contributed by atoms with Crippen LogP contribution in [-0.2, 0) is 11.3 Å². The molecule has 1 fully saturated rings. The van der Waals surface area contributed by atoms with Crippen molar-refractivity contribution in [3.63, 3.8) is 0 Å². The van der Waals surface area contributed by atoms with Gasteiger partial charge in [0, 0.05) is 39.0 Å². The number of hydrogen-bond donors (Lipinski definition) is 3.